The molecule has 0 aromatic heterocycles. The van der Waals surface area contributed by atoms with Gasteiger partial charge in [0.1, 0.15) is 11.5 Å². The Kier molecular flexibility index (Phi) is 20.0. The van der Waals surface area contributed by atoms with Crippen molar-refractivity contribution in [2.45, 2.75) is 58.0 Å². The van der Waals surface area contributed by atoms with E-state index >= 15 is 0 Å². The molecule has 5 aromatic carbocycles. The summed E-state index contributed by atoms with van der Waals surface area (Å²) < 4.78 is 11.3. The third kappa shape index (κ3) is 14.8. The first-order valence-corrected chi connectivity index (χ1v) is 23.4. The molecule has 2 atom stereocenters. The molecule has 0 saturated carbocycles. The van der Waals surface area contributed by atoms with Gasteiger partial charge in [-0.2, -0.15) is 20.5 Å². The van der Waals surface area contributed by atoms with E-state index in [9.17, 15) is 28.8 Å². The molecule has 0 heterocycles. The second-order valence-electron chi connectivity index (χ2n) is 14.8. The van der Waals surface area contributed by atoms with Gasteiger partial charge < -0.3 is 30.7 Å². The Bertz CT molecular complexity index is 2810. The highest BCUT2D eigenvalue weighted by molar-refractivity contribution is 6.32. The van der Waals surface area contributed by atoms with Gasteiger partial charge in [0.05, 0.1) is 36.0 Å². The molecular weight excluding hydrogens is 994 g/mol. The van der Waals surface area contributed by atoms with Crippen LogP contribution >= 0.6 is 58.0 Å². The molecule has 0 fully saturated rings. The number of ketones is 2. The maximum absolute atomic E-state index is 13.6. The van der Waals surface area contributed by atoms with Crippen molar-refractivity contribution >= 4 is 127 Å². The minimum absolute atomic E-state index is 0.0791. The van der Waals surface area contributed by atoms with Crippen LogP contribution in [0.25, 0.3) is 0 Å². The minimum Gasteiger partial charge on any atom is -0.492 e. The van der Waals surface area contributed by atoms with Crippen molar-refractivity contribution in [2.24, 2.45) is 20.5 Å². The zero-order valence-electron chi connectivity index (χ0n) is 37.5. The van der Waals surface area contributed by atoms with E-state index < -0.39 is 47.3 Å². The van der Waals surface area contributed by atoms with Crippen LogP contribution in [0.5, 0.6) is 11.5 Å². The number of halogens is 5. The number of para-hydroxylation sites is 2. The van der Waals surface area contributed by atoms with E-state index in [2.05, 4.69) is 41.7 Å². The molecule has 0 aliphatic heterocycles. The molecule has 2 unspecified atom stereocenters. The van der Waals surface area contributed by atoms with Gasteiger partial charge in [-0.15, -0.1) is 34.8 Å². The number of carbonyl (C=O) groups is 6. The monoisotopic (exact) mass is 1040 g/mol. The van der Waals surface area contributed by atoms with Crippen molar-refractivity contribution in [3.05, 3.63) is 129 Å². The first kappa shape index (κ1) is 53.5. The molecule has 0 saturated heterocycles. The highest BCUT2D eigenvalue weighted by Gasteiger charge is 2.26. The SMILES string of the molecule is CCOc1cccc(CCl)c1NC(=O)c1cc(Cl)cc(N=NC(C(C)=O)C(=O)Nc2ccc(NC(=O)C(N=Nc3cc(Cl)cc(C(=O)Nc4c(CCl)cccc4OCC)c3)C(C)=O)c(CCCl)c2)c1. The Hall–Kier alpha value is -6.43. The fraction of sp³-hybridized carbons (Fsp3) is 0.250. The predicted molar refractivity (Wildman–Crippen MR) is 269 cm³/mol. The molecule has 0 spiro atoms. The lowest BCUT2D eigenvalue weighted by Gasteiger charge is -2.16. The largest absolute Gasteiger partial charge is 0.492 e. The van der Waals surface area contributed by atoms with Gasteiger partial charge in [-0.3, -0.25) is 28.8 Å². The Morgan fingerprint density at radius 1 is 0.565 bits per heavy atom. The summed E-state index contributed by atoms with van der Waals surface area (Å²) in [5.41, 5.74) is 3.31. The second-order valence-corrected chi connectivity index (χ2v) is 16.6. The topological polar surface area (TPSA) is 218 Å². The zero-order valence-corrected chi connectivity index (χ0v) is 41.3. The van der Waals surface area contributed by atoms with Crippen LogP contribution in [0.2, 0.25) is 10.0 Å². The number of rotatable bonds is 22. The third-order valence-electron chi connectivity index (χ3n) is 9.72. The lowest BCUT2D eigenvalue weighted by Crippen LogP contribution is -2.32. The highest BCUT2D eigenvalue weighted by Crippen LogP contribution is 2.33. The van der Waals surface area contributed by atoms with E-state index in [0.717, 1.165) is 13.8 Å². The van der Waals surface area contributed by atoms with Gasteiger partial charge in [0.15, 0.2) is 11.6 Å². The number of nitrogens with zero attached hydrogens (tertiary/aromatic N) is 4. The quantitative estimate of drug-likeness (QED) is 0.0296. The van der Waals surface area contributed by atoms with E-state index in [0.29, 0.717) is 52.8 Å². The Morgan fingerprint density at radius 2 is 1.03 bits per heavy atom. The molecule has 0 radical (unpaired) electrons. The fourth-order valence-corrected chi connectivity index (χ4v) is 7.62. The van der Waals surface area contributed by atoms with Gasteiger partial charge in [-0.05, 0) is 118 Å². The van der Waals surface area contributed by atoms with Crippen LogP contribution in [0, 0.1) is 0 Å². The fourth-order valence-electron chi connectivity index (χ4n) is 6.51. The Labute approximate surface area is 422 Å². The number of carbonyl (C=O) groups excluding carboxylic acids is 6. The summed E-state index contributed by atoms with van der Waals surface area (Å²) >= 11 is 31.1. The van der Waals surface area contributed by atoms with Crippen LogP contribution in [0.1, 0.15) is 65.1 Å². The van der Waals surface area contributed by atoms with E-state index in [1.807, 2.05) is 0 Å². The zero-order chi connectivity index (χ0) is 50.2. The molecular formula is C48H45Cl5N8O8. The van der Waals surface area contributed by atoms with Gasteiger partial charge >= 0.3 is 0 Å². The number of anilines is 4. The third-order valence-corrected chi connectivity index (χ3v) is 10.9. The summed E-state index contributed by atoms with van der Waals surface area (Å²) in [6.07, 6.45) is 0.201. The van der Waals surface area contributed by atoms with Gasteiger partial charge in [-0.25, -0.2) is 0 Å². The summed E-state index contributed by atoms with van der Waals surface area (Å²) in [7, 11) is 0. The lowest BCUT2D eigenvalue weighted by atomic mass is 10.1. The van der Waals surface area contributed by atoms with Gasteiger partial charge in [0, 0.05) is 50.2 Å². The molecule has 0 aliphatic carbocycles. The standard InChI is InChI=1S/C48H45Cl5N8O8/c1-5-68-39-11-7-9-29(24-50)43(39)56-45(64)31-17-33(52)22-36(20-31)58-60-41(26(3)62)47(66)54-35-13-14-38(28(19-35)15-16-49)55-48(67)42(27(4)63)61-59-37-21-32(18-34(53)23-37)46(65)57-44-30(25-51)10-8-12-40(44)69-6-2/h7-14,17-23,41-42H,5-6,15-16,24-25H2,1-4H3,(H,54,66)(H,55,67)(H,56,64)(H,57,65). The van der Waals surface area contributed by atoms with Crippen molar-refractivity contribution in [3.8, 4) is 11.5 Å². The number of hydrogen-bond donors (Lipinski definition) is 4. The maximum Gasteiger partial charge on any atom is 0.258 e. The number of nitrogens with one attached hydrogen (secondary N) is 4. The smallest absolute Gasteiger partial charge is 0.258 e. The second kappa shape index (κ2) is 25.8. The van der Waals surface area contributed by atoms with Crippen molar-refractivity contribution < 1.29 is 38.2 Å². The van der Waals surface area contributed by atoms with Gasteiger partial charge in [0.2, 0.25) is 12.1 Å². The molecule has 5 aromatic rings. The van der Waals surface area contributed by atoms with Crippen molar-refractivity contribution in [2.75, 3.05) is 40.4 Å². The number of azo groups is 2. The van der Waals surface area contributed by atoms with Crippen LogP contribution < -0.4 is 30.7 Å². The Balaban J connectivity index is 1.29. The summed E-state index contributed by atoms with van der Waals surface area (Å²) in [6.45, 7) is 6.63. The number of Topliss-reactive ketones (excluding diaryl/α,β-unsaturated/α-hetero) is 2. The number of amides is 4. The molecule has 69 heavy (non-hydrogen) atoms. The van der Waals surface area contributed by atoms with Crippen molar-refractivity contribution in [1.82, 2.24) is 0 Å². The van der Waals surface area contributed by atoms with Crippen LogP contribution in [0.15, 0.2) is 111 Å². The molecule has 5 rings (SSSR count). The van der Waals surface area contributed by atoms with E-state index in [4.69, 9.17) is 67.5 Å². The van der Waals surface area contributed by atoms with E-state index in [-0.39, 0.29) is 68.0 Å². The number of ether oxygens (including phenoxy) is 2. The molecule has 0 bridgehead atoms. The number of hydrogen-bond acceptors (Lipinski definition) is 12. The maximum atomic E-state index is 13.6. The normalized spacial score (nSPS) is 12.0. The van der Waals surface area contributed by atoms with Crippen molar-refractivity contribution in [1.29, 1.82) is 0 Å². The van der Waals surface area contributed by atoms with Crippen LogP contribution in [0.4, 0.5) is 34.1 Å². The molecule has 16 nitrogen and oxygen atoms in total. The van der Waals surface area contributed by atoms with Crippen LogP contribution in [-0.2, 0) is 37.4 Å². The first-order valence-electron chi connectivity index (χ1n) is 21.1. The highest BCUT2D eigenvalue weighted by atomic mass is 35.5. The number of alkyl halides is 3. The minimum atomic E-state index is -1.62. The molecule has 360 valence electrons. The molecule has 4 amide bonds. The Morgan fingerprint density at radius 3 is 1.45 bits per heavy atom. The van der Waals surface area contributed by atoms with Gasteiger partial charge in [-0.1, -0.05) is 47.5 Å². The first-order chi connectivity index (χ1) is 33.1. The average Bonchev–Trinajstić information content (AvgIpc) is 3.30. The number of benzene rings is 5. The van der Waals surface area contributed by atoms with Crippen LogP contribution in [0.3, 0.4) is 0 Å². The predicted octanol–water partition coefficient (Wildman–Crippen LogP) is 11.9. The number of aryl methyl sites for hydroxylation is 1. The molecule has 21 heteroatoms. The lowest BCUT2D eigenvalue weighted by molar-refractivity contribution is -0.127. The summed E-state index contributed by atoms with van der Waals surface area (Å²) in [5, 5.41) is 27.4. The molecule has 4 N–H and O–H groups in total. The van der Waals surface area contributed by atoms with Gasteiger partial charge in [0.25, 0.3) is 23.6 Å². The van der Waals surface area contributed by atoms with Crippen molar-refractivity contribution in [3.63, 3.8) is 0 Å². The summed E-state index contributed by atoms with van der Waals surface area (Å²) in [6, 6.07) is 20.0. The average molecular weight is 1040 g/mol. The van der Waals surface area contributed by atoms with E-state index in [1.165, 1.54) is 54.6 Å². The van der Waals surface area contributed by atoms with E-state index in [1.54, 1.807) is 50.2 Å². The summed E-state index contributed by atoms with van der Waals surface area (Å²) in [5.74, 6) is -2.92. The van der Waals surface area contributed by atoms with Crippen LogP contribution in [-0.4, -0.2) is 66.4 Å². The summed E-state index contributed by atoms with van der Waals surface area (Å²) in [4.78, 5) is 79.3. The molecule has 0 aliphatic rings.